The van der Waals surface area contributed by atoms with Gasteiger partial charge in [-0.25, -0.2) is 0 Å². The van der Waals surface area contributed by atoms with Gasteiger partial charge in [-0.3, -0.25) is 0 Å². The van der Waals surface area contributed by atoms with Crippen molar-refractivity contribution in [2.75, 3.05) is 0 Å². The van der Waals surface area contributed by atoms with Gasteiger partial charge in [-0.2, -0.15) is 30.7 Å². The van der Waals surface area contributed by atoms with Gasteiger partial charge in [0.2, 0.25) is 0 Å². The van der Waals surface area contributed by atoms with Crippen LogP contribution in [0.15, 0.2) is 25.3 Å². The van der Waals surface area contributed by atoms with Gasteiger partial charge in [0.1, 0.15) is 5.60 Å². The Kier molecular flexibility index (Phi) is 6.11. The molecule has 0 atom stereocenters. The molecule has 0 fully saturated rings. The van der Waals surface area contributed by atoms with Crippen LogP contribution in [0.5, 0.6) is 0 Å². The zero-order chi connectivity index (χ0) is 18.0. The van der Waals surface area contributed by atoms with E-state index in [1.54, 1.807) is 0 Å². The SMILES string of the molecule is C=CCC(CC=C)(O[Si](C)(C)C)C(F)(F)C(F)(F)C(F)(F)F. The molecule has 130 valence electrons. The lowest BCUT2D eigenvalue weighted by atomic mass is 9.84. The lowest BCUT2D eigenvalue weighted by molar-refractivity contribution is -0.384. The quantitative estimate of drug-likeness (QED) is 0.316. The van der Waals surface area contributed by atoms with E-state index in [0.717, 1.165) is 12.2 Å². The molecule has 0 radical (unpaired) electrons. The Morgan fingerprint density at radius 3 is 1.41 bits per heavy atom. The van der Waals surface area contributed by atoms with E-state index in [4.69, 9.17) is 4.43 Å². The summed E-state index contributed by atoms with van der Waals surface area (Å²) in [6.07, 6.45) is -6.48. The first-order chi connectivity index (χ1) is 9.58. The molecule has 0 aliphatic carbocycles. The fourth-order valence-electron chi connectivity index (χ4n) is 2.00. The van der Waals surface area contributed by atoms with Crippen molar-refractivity contribution in [2.24, 2.45) is 0 Å². The van der Waals surface area contributed by atoms with E-state index in [0.29, 0.717) is 0 Å². The predicted molar refractivity (Wildman–Crippen MR) is 72.7 cm³/mol. The van der Waals surface area contributed by atoms with Crippen LogP contribution < -0.4 is 0 Å². The minimum absolute atomic E-state index is 0.837. The molecule has 22 heavy (non-hydrogen) atoms. The van der Waals surface area contributed by atoms with E-state index >= 15 is 0 Å². The number of halogens is 7. The highest BCUT2D eigenvalue weighted by Crippen LogP contribution is 2.55. The summed E-state index contributed by atoms with van der Waals surface area (Å²) in [7, 11) is -2.89. The van der Waals surface area contributed by atoms with Gasteiger partial charge in [0, 0.05) is 0 Å². The highest BCUT2D eigenvalue weighted by atomic mass is 28.4. The van der Waals surface area contributed by atoms with E-state index in [1.807, 2.05) is 0 Å². The molecular formula is C13H19F7OSi. The van der Waals surface area contributed by atoms with Crippen LogP contribution in [0.1, 0.15) is 12.8 Å². The van der Waals surface area contributed by atoms with Crippen LogP contribution >= 0.6 is 0 Å². The summed E-state index contributed by atoms with van der Waals surface area (Å²) in [5.41, 5.74) is -3.06. The number of alkyl halides is 7. The summed E-state index contributed by atoms with van der Waals surface area (Å²) in [6.45, 7) is 10.6. The average molecular weight is 352 g/mol. The minimum atomic E-state index is -6.41. The number of hydrogen-bond donors (Lipinski definition) is 0. The highest BCUT2D eigenvalue weighted by Gasteiger charge is 2.79. The van der Waals surface area contributed by atoms with Crippen molar-refractivity contribution in [1.82, 2.24) is 0 Å². The van der Waals surface area contributed by atoms with E-state index < -0.39 is 44.8 Å². The molecule has 0 bridgehead atoms. The van der Waals surface area contributed by atoms with Gasteiger partial charge in [-0.1, -0.05) is 12.2 Å². The van der Waals surface area contributed by atoms with Gasteiger partial charge in [0.15, 0.2) is 8.32 Å². The molecule has 0 unspecified atom stereocenters. The molecule has 0 aromatic heterocycles. The lowest BCUT2D eigenvalue weighted by Crippen LogP contribution is -2.66. The monoisotopic (exact) mass is 352 g/mol. The molecular weight excluding hydrogens is 333 g/mol. The van der Waals surface area contributed by atoms with Crippen LogP contribution in [0.25, 0.3) is 0 Å². The maximum atomic E-state index is 14.3. The fourth-order valence-corrected chi connectivity index (χ4v) is 3.47. The molecule has 0 amide bonds. The Hall–Kier alpha value is -0.833. The minimum Gasteiger partial charge on any atom is -0.405 e. The van der Waals surface area contributed by atoms with Crippen molar-refractivity contribution in [2.45, 2.75) is 56.1 Å². The average Bonchev–Trinajstić information content (AvgIpc) is 2.25. The van der Waals surface area contributed by atoms with Crippen LogP contribution in [0.4, 0.5) is 30.7 Å². The van der Waals surface area contributed by atoms with Crippen LogP contribution in [-0.2, 0) is 4.43 Å². The van der Waals surface area contributed by atoms with E-state index in [9.17, 15) is 30.7 Å². The lowest BCUT2D eigenvalue weighted by Gasteiger charge is -2.46. The summed E-state index contributed by atoms with van der Waals surface area (Å²) in [6, 6.07) is 0. The van der Waals surface area contributed by atoms with Crippen molar-refractivity contribution in [1.29, 1.82) is 0 Å². The van der Waals surface area contributed by atoms with E-state index in [1.165, 1.54) is 19.6 Å². The second kappa shape index (κ2) is 6.35. The molecule has 0 N–H and O–H groups in total. The fraction of sp³-hybridized carbons (Fsp3) is 0.692. The molecule has 1 nitrogen and oxygen atoms in total. The first-order valence-corrected chi connectivity index (χ1v) is 9.73. The zero-order valence-corrected chi connectivity index (χ0v) is 13.5. The normalized spacial score (nSPS) is 14.8. The molecule has 0 heterocycles. The molecule has 0 saturated heterocycles. The maximum absolute atomic E-state index is 14.3. The third kappa shape index (κ3) is 3.92. The smallest absolute Gasteiger partial charge is 0.405 e. The summed E-state index contributed by atoms with van der Waals surface area (Å²) < 4.78 is 97.8. The summed E-state index contributed by atoms with van der Waals surface area (Å²) in [4.78, 5) is 0. The van der Waals surface area contributed by atoms with E-state index in [2.05, 4.69) is 13.2 Å². The van der Waals surface area contributed by atoms with Crippen LogP contribution in [0, 0.1) is 0 Å². The third-order valence-electron chi connectivity index (χ3n) is 2.77. The Morgan fingerprint density at radius 1 is 0.818 bits per heavy atom. The topological polar surface area (TPSA) is 9.23 Å². The Bertz CT molecular complexity index is 400. The van der Waals surface area contributed by atoms with Gasteiger partial charge >= 0.3 is 18.0 Å². The van der Waals surface area contributed by atoms with Crippen molar-refractivity contribution >= 4 is 8.32 Å². The first kappa shape index (κ1) is 21.2. The summed E-state index contributed by atoms with van der Waals surface area (Å²) in [5.74, 6) is -11.7. The van der Waals surface area contributed by atoms with Crippen molar-refractivity contribution in [3.05, 3.63) is 25.3 Å². The van der Waals surface area contributed by atoms with Crippen molar-refractivity contribution in [3.63, 3.8) is 0 Å². The number of rotatable bonds is 8. The van der Waals surface area contributed by atoms with Crippen molar-refractivity contribution < 1.29 is 35.2 Å². The summed E-state index contributed by atoms with van der Waals surface area (Å²) >= 11 is 0. The van der Waals surface area contributed by atoms with Crippen LogP contribution in [0.3, 0.4) is 0 Å². The molecule has 9 heteroatoms. The van der Waals surface area contributed by atoms with Gasteiger partial charge in [0.25, 0.3) is 0 Å². The largest absolute Gasteiger partial charge is 0.459 e. The van der Waals surface area contributed by atoms with Gasteiger partial charge in [-0.05, 0) is 32.5 Å². The Labute approximate surface area is 126 Å². The Balaban J connectivity index is 6.25. The Morgan fingerprint density at radius 2 is 1.18 bits per heavy atom. The third-order valence-corrected chi connectivity index (χ3v) is 3.78. The molecule has 0 spiro atoms. The molecule has 0 aromatic rings. The predicted octanol–water partition coefficient (Wildman–Crippen LogP) is 5.56. The molecule has 0 aliphatic heterocycles. The standard InChI is InChI=1S/C13H19F7OSi/c1-6-8-10(9-7-2,21-22(3,4)5)11(14,15)12(16,17)13(18,19)20/h6-7H,1-2,8-9H2,3-5H3. The van der Waals surface area contributed by atoms with Gasteiger partial charge in [-0.15, -0.1) is 13.2 Å². The second-order valence-corrected chi connectivity index (χ2v) is 10.3. The second-order valence-electron chi connectivity index (χ2n) is 5.84. The van der Waals surface area contributed by atoms with Gasteiger partial charge in [0.05, 0.1) is 0 Å². The van der Waals surface area contributed by atoms with Gasteiger partial charge < -0.3 is 4.43 Å². The molecule has 0 aliphatic rings. The maximum Gasteiger partial charge on any atom is 0.459 e. The molecule has 0 saturated carbocycles. The summed E-state index contributed by atoms with van der Waals surface area (Å²) in [5, 5.41) is 0. The molecule has 0 rings (SSSR count). The van der Waals surface area contributed by atoms with E-state index in [-0.39, 0.29) is 0 Å². The van der Waals surface area contributed by atoms with Crippen LogP contribution in [-0.4, -0.2) is 31.9 Å². The van der Waals surface area contributed by atoms with Crippen LogP contribution in [0.2, 0.25) is 19.6 Å². The molecule has 0 aromatic carbocycles. The zero-order valence-electron chi connectivity index (χ0n) is 12.5. The highest BCUT2D eigenvalue weighted by molar-refractivity contribution is 6.69. The number of hydrogen-bond acceptors (Lipinski definition) is 1. The van der Waals surface area contributed by atoms with Crippen molar-refractivity contribution in [3.8, 4) is 0 Å². The first-order valence-electron chi connectivity index (χ1n) is 6.32.